The molecule has 120 valence electrons. The molecule has 0 bridgehead atoms. The summed E-state index contributed by atoms with van der Waals surface area (Å²) in [5, 5.41) is 4.71. The SMILES string of the molecule is NCc1cccc2ccncc12.NCc1cccc2cnccc12. The summed E-state index contributed by atoms with van der Waals surface area (Å²) in [4.78, 5) is 8.11. The molecule has 0 fully saturated rings. The first-order valence-corrected chi connectivity index (χ1v) is 7.87. The van der Waals surface area contributed by atoms with Crippen molar-refractivity contribution in [2.24, 2.45) is 11.5 Å². The smallest absolute Gasteiger partial charge is 0.0349 e. The van der Waals surface area contributed by atoms with Gasteiger partial charge in [-0.25, -0.2) is 0 Å². The van der Waals surface area contributed by atoms with E-state index in [0.717, 1.165) is 16.3 Å². The Kier molecular flexibility index (Phi) is 5.11. The zero-order valence-electron chi connectivity index (χ0n) is 13.4. The van der Waals surface area contributed by atoms with Gasteiger partial charge in [-0.15, -0.1) is 0 Å². The Morgan fingerprint density at radius 1 is 0.625 bits per heavy atom. The highest BCUT2D eigenvalue weighted by Gasteiger charge is 1.97. The van der Waals surface area contributed by atoms with Gasteiger partial charge in [-0.1, -0.05) is 36.4 Å². The van der Waals surface area contributed by atoms with Gasteiger partial charge in [0.2, 0.25) is 0 Å². The standard InChI is InChI=1S/2C10H10N2/c11-6-8-2-1-3-9-7-12-5-4-10(8)9;11-6-9-3-1-2-8-4-5-12-7-10(8)9/h2*1-5,7H,6,11H2. The second kappa shape index (κ2) is 7.64. The number of pyridine rings is 2. The minimum atomic E-state index is 0.572. The molecule has 4 N–H and O–H groups in total. The summed E-state index contributed by atoms with van der Waals surface area (Å²) in [6, 6.07) is 16.2. The van der Waals surface area contributed by atoms with E-state index in [1.54, 1.807) is 12.4 Å². The van der Waals surface area contributed by atoms with Crippen LogP contribution in [0.2, 0.25) is 0 Å². The largest absolute Gasteiger partial charge is 0.326 e. The van der Waals surface area contributed by atoms with Gasteiger partial charge in [0, 0.05) is 48.6 Å². The Labute approximate surface area is 141 Å². The molecule has 4 aromatic rings. The van der Waals surface area contributed by atoms with Gasteiger partial charge in [0.1, 0.15) is 0 Å². The lowest BCUT2D eigenvalue weighted by Crippen LogP contribution is -1.96. The minimum Gasteiger partial charge on any atom is -0.326 e. The molecule has 0 aliphatic heterocycles. The Hall–Kier alpha value is -2.82. The molecular weight excluding hydrogens is 296 g/mol. The number of fused-ring (bicyclic) bond motifs is 2. The highest BCUT2D eigenvalue weighted by molar-refractivity contribution is 5.85. The molecule has 24 heavy (non-hydrogen) atoms. The fourth-order valence-electron chi connectivity index (χ4n) is 2.72. The van der Waals surface area contributed by atoms with Crippen LogP contribution in [0.3, 0.4) is 0 Å². The molecule has 0 spiro atoms. The predicted molar refractivity (Wildman–Crippen MR) is 99.3 cm³/mol. The highest BCUT2D eigenvalue weighted by Crippen LogP contribution is 2.17. The van der Waals surface area contributed by atoms with Crippen LogP contribution in [0.25, 0.3) is 21.5 Å². The van der Waals surface area contributed by atoms with Crippen molar-refractivity contribution >= 4 is 21.5 Å². The van der Waals surface area contributed by atoms with Gasteiger partial charge in [0.05, 0.1) is 0 Å². The average molecular weight is 316 g/mol. The lowest BCUT2D eigenvalue weighted by molar-refractivity contribution is 1.08. The first kappa shape index (κ1) is 16.1. The topological polar surface area (TPSA) is 77.8 Å². The molecule has 2 aromatic carbocycles. The summed E-state index contributed by atoms with van der Waals surface area (Å²) in [5.41, 5.74) is 13.5. The van der Waals surface area contributed by atoms with E-state index in [1.807, 2.05) is 54.9 Å². The Morgan fingerprint density at radius 3 is 2.00 bits per heavy atom. The van der Waals surface area contributed by atoms with E-state index < -0.39 is 0 Å². The van der Waals surface area contributed by atoms with Crippen molar-refractivity contribution in [1.82, 2.24) is 9.97 Å². The van der Waals surface area contributed by atoms with Crippen molar-refractivity contribution in [2.45, 2.75) is 13.1 Å². The number of aromatic nitrogens is 2. The lowest BCUT2D eigenvalue weighted by Gasteiger charge is -2.01. The molecule has 0 amide bonds. The lowest BCUT2D eigenvalue weighted by atomic mass is 10.1. The number of nitrogens with two attached hydrogens (primary N) is 2. The van der Waals surface area contributed by atoms with Crippen LogP contribution in [0, 0.1) is 0 Å². The zero-order valence-corrected chi connectivity index (χ0v) is 13.4. The summed E-state index contributed by atoms with van der Waals surface area (Å²) < 4.78 is 0. The first-order valence-electron chi connectivity index (χ1n) is 7.87. The van der Waals surface area contributed by atoms with E-state index in [2.05, 4.69) is 16.0 Å². The molecule has 0 aliphatic rings. The minimum absolute atomic E-state index is 0.572. The third-order valence-corrected chi connectivity index (χ3v) is 3.98. The molecule has 4 nitrogen and oxygen atoms in total. The number of hydrogen-bond donors (Lipinski definition) is 2. The van der Waals surface area contributed by atoms with E-state index in [-0.39, 0.29) is 0 Å². The molecule has 0 unspecified atom stereocenters. The van der Waals surface area contributed by atoms with Gasteiger partial charge >= 0.3 is 0 Å². The summed E-state index contributed by atoms with van der Waals surface area (Å²) in [6.45, 7) is 1.16. The predicted octanol–water partition coefficient (Wildman–Crippen LogP) is 3.39. The third-order valence-electron chi connectivity index (χ3n) is 3.98. The quantitative estimate of drug-likeness (QED) is 0.594. The van der Waals surface area contributed by atoms with Crippen molar-refractivity contribution in [3.8, 4) is 0 Å². The molecule has 2 heterocycles. The molecule has 0 saturated carbocycles. The second-order valence-corrected chi connectivity index (χ2v) is 5.44. The third kappa shape index (κ3) is 3.40. The maximum absolute atomic E-state index is 5.60. The molecule has 0 saturated heterocycles. The van der Waals surface area contributed by atoms with Crippen LogP contribution in [0.4, 0.5) is 0 Å². The molecule has 2 aromatic heterocycles. The molecule has 4 rings (SSSR count). The normalized spacial score (nSPS) is 10.4. The summed E-state index contributed by atoms with van der Waals surface area (Å²) >= 11 is 0. The zero-order chi connectivity index (χ0) is 16.8. The van der Waals surface area contributed by atoms with E-state index in [4.69, 9.17) is 11.5 Å². The Balaban J connectivity index is 0.000000141. The van der Waals surface area contributed by atoms with Gasteiger partial charge in [-0.3, -0.25) is 9.97 Å². The Bertz CT molecular complexity index is 860. The van der Waals surface area contributed by atoms with Crippen LogP contribution in [0.1, 0.15) is 11.1 Å². The number of hydrogen-bond acceptors (Lipinski definition) is 4. The van der Waals surface area contributed by atoms with Crippen molar-refractivity contribution in [2.75, 3.05) is 0 Å². The van der Waals surface area contributed by atoms with Crippen LogP contribution in [0.15, 0.2) is 73.3 Å². The van der Waals surface area contributed by atoms with Gasteiger partial charge in [-0.2, -0.15) is 0 Å². The van der Waals surface area contributed by atoms with Gasteiger partial charge in [-0.05, 0) is 34.0 Å². The van der Waals surface area contributed by atoms with E-state index in [9.17, 15) is 0 Å². The monoisotopic (exact) mass is 316 g/mol. The molecule has 0 aliphatic carbocycles. The fourth-order valence-corrected chi connectivity index (χ4v) is 2.72. The van der Waals surface area contributed by atoms with Crippen LogP contribution in [-0.4, -0.2) is 9.97 Å². The first-order chi connectivity index (χ1) is 11.8. The summed E-state index contributed by atoms with van der Waals surface area (Å²) in [7, 11) is 0. The molecule has 0 atom stereocenters. The summed E-state index contributed by atoms with van der Waals surface area (Å²) in [6.07, 6.45) is 7.30. The van der Waals surface area contributed by atoms with Crippen molar-refractivity contribution < 1.29 is 0 Å². The number of nitrogens with zero attached hydrogens (tertiary/aromatic N) is 2. The maximum atomic E-state index is 5.60. The van der Waals surface area contributed by atoms with Crippen LogP contribution >= 0.6 is 0 Å². The van der Waals surface area contributed by atoms with Gasteiger partial charge < -0.3 is 11.5 Å². The summed E-state index contributed by atoms with van der Waals surface area (Å²) in [5.74, 6) is 0. The number of benzene rings is 2. The second-order valence-electron chi connectivity index (χ2n) is 5.44. The van der Waals surface area contributed by atoms with Gasteiger partial charge in [0.25, 0.3) is 0 Å². The van der Waals surface area contributed by atoms with Crippen LogP contribution in [-0.2, 0) is 13.1 Å². The van der Waals surface area contributed by atoms with E-state index in [0.29, 0.717) is 13.1 Å². The molecular formula is C20H20N4. The van der Waals surface area contributed by atoms with Crippen molar-refractivity contribution in [1.29, 1.82) is 0 Å². The van der Waals surface area contributed by atoms with Crippen LogP contribution in [0.5, 0.6) is 0 Å². The average Bonchev–Trinajstić information content (AvgIpc) is 2.67. The highest BCUT2D eigenvalue weighted by atomic mass is 14.6. The van der Waals surface area contributed by atoms with Crippen molar-refractivity contribution in [3.05, 3.63) is 84.4 Å². The maximum Gasteiger partial charge on any atom is 0.0349 e. The van der Waals surface area contributed by atoms with E-state index in [1.165, 1.54) is 16.3 Å². The number of rotatable bonds is 2. The molecule has 4 heteroatoms. The molecule has 0 radical (unpaired) electrons. The van der Waals surface area contributed by atoms with Gasteiger partial charge in [0.15, 0.2) is 0 Å². The van der Waals surface area contributed by atoms with Crippen LogP contribution < -0.4 is 11.5 Å². The van der Waals surface area contributed by atoms with Crippen molar-refractivity contribution in [3.63, 3.8) is 0 Å². The van der Waals surface area contributed by atoms with E-state index >= 15 is 0 Å². The Morgan fingerprint density at radius 2 is 1.25 bits per heavy atom. The fraction of sp³-hybridized carbons (Fsp3) is 0.100.